The van der Waals surface area contributed by atoms with Crippen molar-refractivity contribution in [3.8, 4) is 0 Å². The molecule has 0 bridgehead atoms. The third-order valence-electron chi connectivity index (χ3n) is 3.55. The number of hydrogen-bond acceptors (Lipinski definition) is 2. The predicted molar refractivity (Wildman–Crippen MR) is 63.2 cm³/mol. The van der Waals surface area contributed by atoms with Crippen LogP contribution in [0.5, 0.6) is 0 Å². The van der Waals surface area contributed by atoms with E-state index in [0.717, 1.165) is 19.0 Å². The predicted octanol–water partition coefficient (Wildman–Crippen LogP) is 2.90. The number of hydrogen-bond donors (Lipinski definition) is 0. The monoisotopic (exact) mass is 225 g/mol. The van der Waals surface area contributed by atoms with Gasteiger partial charge in [0.2, 0.25) is 0 Å². The molecule has 1 heterocycles. The van der Waals surface area contributed by atoms with E-state index in [1.165, 1.54) is 12.8 Å². The van der Waals surface area contributed by atoms with Crippen molar-refractivity contribution < 1.29 is 9.53 Å². The summed E-state index contributed by atoms with van der Waals surface area (Å²) in [7, 11) is 0. The minimum atomic E-state index is -0.377. The highest BCUT2D eigenvalue weighted by molar-refractivity contribution is 5.68. The van der Waals surface area contributed by atoms with E-state index in [4.69, 9.17) is 4.74 Å². The minimum Gasteiger partial charge on any atom is -0.444 e. The summed E-state index contributed by atoms with van der Waals surface area (Å²) >= 11 is 0. The lowest BCUT2D eigenvalue weighted by Crippen LogP contribution is -2.35. The molecule has 16 heavy (non-hydrogen) atoms. The number of amides is 1. The SMILES string of the molecule is C[C@@H]1CN(C(=O)OC(C)(C)C)C[C@H]1C1CC1. The molecular weight excluding hydrogens is 202 g/mol. The van der Waals surface area contributed by atoms with Gasteiger partial charge in [0.1, 0.15) is 5.60 Å². The van der Waals surface area contributed by atoms with E-state index in [2.05, 4.69) is 6.92 Å². The van der Waals surface area contributed by atoms with Gasteiger partial charge in [0, 0.05) is 13.1 Å². The summed E-state index contributed by atoms with van der Waals surface area (Å²) in [5.41, 5.74) is -0.377. The van der Waals surface area contributed by atoms with E-state index >= 15 is 0 Å². The van der Waals surface area contributed by atoms with Crippen LogP contribution < -0.4 is 0 Å². The Morgan fingerprint density at radius 2 is 1.88 bits per heavy atom. The maximum Gasteiger partial charge on any atom is 0.410 e. The second kappa shape index (κ2) is 3.94. The van der Waals surface area contributed by atoms with Crippen LogP contribution in [0, 0.1) is 17.8 Å². The molecule has 0 N–H and O–H groups in total. The molecular formula is C13H23NO2. The molecule has 0 aromatic heterocycles. The molecule has 0 aromatic carbocycles. The van der Waals surface area contributed by atoms with E-state index in [1.807, 2.05) is 25.7 Å². The lowest BCUT2D eigenvalue weighted by molar-refractivity contribution is 0.0283. The molecule has 0 radical (unpaired) electrons. The largest absolute Gasteiger partial charge is 0.444 e. The molecule has 1 saturated heterocycles. The van der Waals surface area contributed by atoms with Gasteiger partial charge in [0.15, 0.2) is 0 Å². The average molecular weight is 225 g/mol. The first kappa shape index (κ1) is 11.7. The zero-order valence-corrected chi connectivity index (χ0v) is 10.8. The van der Waals surface area contributed by atoms with Gasteiger partial charge in [-0.3, -0.25) is 0 Å². The molecule has 2 atom stereocenters. The summed E-state index contributed by atoms with van der Waals surface area (Å²) in [6, 6.07) is 0. The molecule has 92 valence electrons. The standard InChI is InChI=1S/C13H23NO2/c1-9-7-14(8-11(9)10-5-6-10)12(15)16-13(2,3)4/h9-11H,5-8H2,1-4H3/t9-,11-/m1/s1. The second-order valence-electron chi connectivity index (χ2n) is 6.36. The average Bonchev–Trinajstić information content (AvgIpc) is 2.87. The van der Waals surface area contributed by atoms with Gasteiger partial charge in [-0.05, 0) is 51.4 Å². The normalized spacial score (nSPS) is 30.6. The Morgan fingerprint density at radius 3 is 2.38 bits per heavy atom. The second-order valence-corrected chi connectivity index (χ2v) is 6.36. The minimum absolute atomic E-state index is 0.137. The van der Waals surface area contributed by atoms with Crippen LogP contribution in [0.2, 0.25) is 0 Å². The van der Waals surface area contributed by atoms with Gasteiger partial charge in [0.25, 0.3) is 0 Å². The molecule has 3 nitrogen and oxygen atoms in total. The summed E-state index contributed by atoms with van der Waals surface area (Å²) in [4.78, 5) is 13.8. The van der Waals surface area contributed by atoms with Crippen molar-refractivity contribution in [2.45, 2.75) is 46.1 Å². The summed E-state index contributed by atoms with van der Waals surface area (Å²) in [5, 5.41) is 0. The lowest BCUT2D eigenvalue weighted by Gasteiger charge is -2.24. The fourth-order valence-electron chi connectivity index (χ4n) is 2.61. The van der Waals surface area contributed by atoms with Gasteiger partial charge in [-0.1, -0.05) is 6.92 Å². The van der Waals surface area contributed by atoms with Crippen LogP contribution in [0.25, 0.3) is 0 Å². The third-order valence-corrected chi connectivity index (χ3v) is 3.55. The molecule has 0 aromatic rings. The molecule has 3 heteroatoms. The van der Waals surface area contributed by atoms with E-state index < -0.39 is 0 Å². The van der Waals surface area contributed by atoms with E-state index in [-0.39, 0.29) is 11.7 Å². The number of carbonyl (C=O) groups is 1. The zero-order valence-electron chi connectivity index (χ0n) is 10.8. The molecule has 2 aliphatic rings. The number of likely N-dealkylation sites (tertiary alicyclic amines) is 1. The van der Waals surface area contributed by atoms with Crippen molar-refractivity contribution in [3.63, 3.8) is 0 Å². The van der Waals surface area contributed by atoms with Crippen molar-refractivity contribution in [1.29, 1.82) is 0 Å². The van der Waals surface area contributed by atoms with Crippen LogP contribution in [-0.2, 0) is 4.74 Å². The highest BCUT2D eigenvalue weighted by Gasteiger charge is 2.42. The molecule has 1 aliphatic carbocycles. The van der Waals surface area contributed by atoms with Gasteiger partial charge < -0.3 is 9.64 Å². The Balaban J connectivity index is 1.89. The van der Waals surface area contributed by atoms with Crippen LogP contribution in [-0.4, -0.2) is 29.7 Å². The van der Waals surface area contributed by atoms with E-state index in [9.17, 15) is 4.79 Å². The summed E-state index contributed by atoms with van der Waals surface area (Å²) in [6.45, 7) is 9.79. The summed E-state index contributed by atoms with van der Waals surface area (Å²) in [5.74, 6) is 2.23. The molecule has 1 aliphatic heterocycles. The number of nitrogens with zero attached hydrogens (tertiary/aromatic N) is 1. The van der Waals surface area contributed by atoms with Gasteiger partial charge in [-0.15, -0.1) is 0 Å². The van der Waals surface area contributed by atoms with Crippen molar-refractivity contribution >= 4 is 6.09 Å². The first-order valence-electron chi connectivity index (χ1n) is 6.35. The molecule has 1 saturated carbocycles. The van der Waals surface area contributed by atoms with Crippen LogP contribution in [0.4, 0.5) is 4.79 Å². The number of rotatable bonds is 1. The summed E-state index contributed by atoms with van der Waals surface area (Å²) in [6.07, 6.45) is 2.58. The highest BCUT2D eigenvalue weighted by atomic mass is 16.6. The third kappa shape index (κ3) is 2.69. The van der Waals surface area contributed by atoms with Gasteiger partial charge in [0.05, 0.1) is 0 Å². The number of ether oxygens (including phenoxy) is 1. The smallest absolute Gasteiger partial charge is 0.410 e. The van der Waals surface area contributed by atoms with Crippen LogP contribution in [0.3, 0.4) is 0 Å². The topological polar surface area (TPSA) is 29.5 Å². The Bertz CT molecular complexity index is 278. The number of carbonyl (C=O) groups excluding carboxylic acids is 1. The maximum absolute atomic E-state index is 11.9. The first-order chi connectivity index (χ1) is 7.37. The van der Waals surface area contributed by atoms with Gasteiger partial charge in [-0.25, -0.2) is 4.79 Å². The summed E-state index contributed by atoms with van der Waals surface area (Å²) < 4.78 is 5.41. The highest BCUT2D eigenvalue weighted by Crippen LogP contribution is 2.43. The molecule has 1 amide bonds. The molecule has 2 rings (SSSR count). The van der Waals surface area contributed by atoms with Crippen LogP contribution in [0.15, 0.2) is 0 Å². The Morgan fingerprint density at radius 1 is 1.25 bits per heavy atom. The Kier molecular flexibility index (Phi) is 2.89. The van der Waals surface area contributed by atoms with Crippen molar-refractivity contribution in [2.75, 3.05) is 13.1 Å². The van der Waals surface area contributed by atoms with Gasteiger partial charge in [-0.2, -0.15) is 0 Å². The van der Waals surface area contributed by atoms with Crippen molar-refractivity contribution in [3.05, 3.63) is 0 Å². The van der Waals surface area contributed by atoms with Gasteiger partial charge >= 0.3 is 6.09 Å². The molecule has 2 fully saturated rings. The van der Waals surface area contributed by atoms with Crippen molar-refractivity contribution in [2.24, 2.45) is 17.8 Å². The quantitative estimate of drug-likeness (QED) is 0.686. The Labute approximate surface area is 98.1 Å². The van der Waals surface area contributed by atoms with E-state index in [1.54, 1.807) is 0 Å². The van der Waals surface area contributed by atoms with Crippen molar-refractivity contribution in [1.82, 2.24) is 4.90 Å². The fraction of sp³-hybridized carbons (Fsp3) is 0.923. The first-order valence-corrected chi connectivity index (χ1v) is 6.35. The molecule has 0 unspecified atom stereocenters. The zero-order chi connectivity index (χ0) is 11.9. The molecule has 0 spiro atoms. The maximum atomic E-state index is 11.9. The fourth-order valence-corrected chi connectivity index (χ4v) is 2.61. The van der Waals surface area contributed by atoms with Crippen LogP contribution in [0.1, 0.15) is 40.5 Å². The van der Waals surface area contributed by atoms with Crippen LogP contribution >= 0.6 is 0 Å². The van der Waals surface area contributed by atoms with E-state index in [0.29, 0.717) is 11.8 Å². The Hall–Kier alpha value is -0.730. The lowest BCUT2D eigenvalue weighted by atomic mass is 9.93.